The van der Waals surface area contributed by atoms with Crippen LogP contribution >= 0.6 is 0 Å². The fraction of sp³-hybridized carbons (Fsp3) is 0.333. The normalized spacial score (nSPS) is 15.5. The molecule has 1 saturated heterocycles. The quantitative estimate of drug-likeness (QED) is 0.729. The van der Waals surface area contributed by atoms with Crippen molar-refractivity contribution in [2.75, 3.05) is 13.1 Å². The monoisotopic (exact) mass is 338 g/mol. The van der Waals surface area contributed by atoms with Crippen LogP contribution in [0.2, 0.25) is 0 Å². The van der Waals surface area contributed by atoms with Crippen LogP contribution in [0, 0.1) is 6.92 Å². The van der Waals surface area contributed by atoms with Crippen molar-refractivity contribution in [1.82, 2.24) is 20.2 Å². The number of rotatable bonds is 3. The van der Waals surface area contributed by atoms with Gasteiger partial charge in [0.15, 0.2) is 5.69 Å². The maximum absolute atomic E-state index is 12.4. The van der Waals surface area contributed by atoms with Gasteiger partial charge in [-0.1, -0.05) is 40.6 Å². The Bertz CT molecular complexity index is 863. The van der Waals surface area contributed by atoms with Gasteiger partial charge in [-0.15, -0.1) is 0 Å². The maximum Gasteiger partial charge on any atom is 0.276 e. The van der Waals surface area contributed by atoms with Crippen LogP contribution in [0.15, 0.2) is 45.4 Å². The number of hydrogen-bond acceptors (Lipinski definition) is 6. The summed E-state index contributed by atoms with van der Waals surface area (Å²) in [6, 6.07) is 11.4. The third-order valence-corrected chi connectivity index (χ3v) is 4.45. The van der Waals surface area contributed by atoms with Crippen molar-refractivity contribution in [2.24, 2.45) is 0 Å². The Morgan fingerprint density at radius 3 is 2.56 bits per heavy atom. The van der Waals surface area contributed by atoms with Gasteiger partial charge in [0.2, 0.25) is 11.7 Å². The van der Waals surface area contributed by atoms with E-state index in [1.54, 1.807) is 17.9 Å². The number of likely N-dealkylation sites (tertiary alicyclic amines) is 1. The van der Waals surface area contributed by atoms with E-state index >= 15 is 0 Å². The van der Waals surface area contributed by atoms with E-state index < -0.39 is 0 Å². The molecule has 1 amide bonds. The lowest BCUT2D eigenvalue weighted by molar-refractivity contribution is 0.0694. The fourth-order valence-corrected chi connectivity index (χ4v) is 3.06. The molecular formula is C18H18N4O3. The average Bonchev–Trinajstić information content (AvgIpc) is 3.31. The SMILES string of the molecule is Cc1cc(C(=O)N2CCC(c3nc(-c4ccccc4)no3)CC2)no1. The molecule has 3 aromatic rings. The molecule has 0 aliphatic carbocycles. The van der Waals surface area contributed by atoms with Crippen molar-refractivity contribution in [1.29, 1.82) is 0 Å². The maximum atomic E-state index is 12.4. The van der Waals surface area contributed by atoms with Gasteiger partial charge >= 0.3 is 0 Å². The van der Waals surface area contributed by atoms with Gasteiger partial charge < -0.3 is 13.9 Å². The van der Waals surface area contributed by atoms with Crippen LogP contribution < -0.4 is 0 Å². The number of amides is 1. The van der Waals surface area contributed by atoms with Gasteiger partial charge in [0.1, 0.15) is 5.76 Å². The first-order chi connectivity index (χ1) is 12.2. The average molecular weight is 338 g/mol. The Morgan fingerprint density at radius 2 is 1.88 bits per heavy atom. The van der Waals surface area contributed by atoms with E-state index in [9.17, 15) is 4.79 Å². The van der Waals surface area contributed by atoms with Crippen molar-refractivity contribution in [3.63, 3.8) is 0 Å². The van der Waals surface area contributed by atoms with E-state index in [0.29, 0.717) is 36.3 Å². The summed E-state index contributed by atoms with van der Waals surface area (Å²) < 4.78 is 10.4. The lowest BCUT2D eigenvalue weighted by Gasteiger charge is -2.29. The highest BCUT2D eigenvalue weighted by Gasteiger charge is 2.29. The smallest absolute Gasteiger partial charge is 0.276 e. The highest BCUT2D eigenvalue weighted by atomic mass is 16.5. The largest absolute Gasteiger partial charge is 0.361 e. The molecule has 0 bridgehead atoms. The molecule has 1 aliphatic rings. The minimum atomic E-state index is -0.0918. The number of hydrogen-bond donors (Lipinski definition) is 0. The number of carbonyl (C=O) groups excluding carboxylic acids is 1. The molecule has 3 heterocycles. The Morgan fingerprint density at radius 1 is 1.12 bits per heavy atom. The van der Waals surface area contributed by atoms with Crippen LogP contribution in [0.5, 0.6) is 0 Å². The number of aromatic nitrogens is 3. The number of benzene rings is 1. The standard InChI is InChI=1S/C18H18N4O3/c1-12-11-15(20-24-12)18(23)22-9-7-14(8-10-22)17-19-16(21-25-17)13-5-3-2-4-6-13/h2-6,11,14H,7-10H2,1H3. The molecule has 0 N–H and O–H groups in total. The molecule has 0 spiro atoms. The highest BCUT2D eigenvalue weighted by molar-refractivity contribution is 5.92. The van der Waals surface area contributed by atoms with Crippen molar-refractivity contribution in [3.05, 3.63) is 53.7 Å². The molecule has 7 heteroatoms. The molecule has 25 heavy (non-hydrogen) atoms. The van der Waals surface area contributed by atoms with Gasteiger partial charge in [0, 0.05) is 30.6 Å². The Labute approximate surface area is 144 Å². The molecule has 1 aromatic carbocycles. The predicted octanol–water partition coefficient (Wildman–Crippen LogP) is 3.05. The number of nitrogens with zero attached hydrogens (tertiary/aromatic N) is 4. The molecule has 7 nitrogen and oxygen atoms in total. The van der Waals surface area contributed by atoms with Crippen LogP contribution in [0.3, 0.4) is 0 Å². The molecule has 0 saturated carbocycles. The van der Waals surface area contributed by atoms with E-state index in [4.69, 9.17) is 9.05 Å². The lowest BCUT2D eigenvalue weighted by Crippen LogP contribution is -2.38. The van der Waals surface area contributed by atoms with Crippen molar-refractivity contribution in [3.8, 4) is 11.4 Å². The molecule has 0 radical (unpaired) electrons. The number of carbonyl (C=O) groups is 1. The molecule has 128 valence electrons. The molecule has 1 aliphatic heterocycles. The van der Waals surface area contributed by atoms with E-state index in [-0.39, 0.29) is 11.8 Å². The van der Waals surface area contributed by atoms with Crippen LogP contribution in [0.4, 0.5) is 0 Å². The zero-order valence-electron chi connectivity index (χ0n) is 13.9. The summed E-state index contributed by atoms with van der Waals surface area (Å²) in [6.07, 6.45) is 1.58. The van der Waals surface area contributed by atoms with Crippen LogP contribution in [0.25, 0.3) is 11.4 Å². The summed E-state index contributed by atoms with van der Waals surface area (Å²) in [5.41, 5.74) is 1.30. The summed E-state index contributed by atoms with van der Waals surface area (Å²) in [4.78, 5) is 18.7. The van der Waals surface area contributed by atoms with Crippen LogP contribution in [-0.2, 0) is 0 Å². The van der Waals surface area contributed by atoms with Gasteiger partial charge in [-0.3, -0.25) is 4.79 Å². The predicted molar refractivity (Wildman–Crippen MR) is 88.9 cm³/mol. The fourth-order valence-electron chi connectivity index (χ4n) is 3.06. The summed E-state index contributed by atoms with van der Waals surface area (Å²) in [6.45, 7) is 3.05. The van der Waals surface area contributed by atoms with Gasteiger partial charge in [-0.05, 0) is 19.8 Å². The second-order valence-electron chi connectivity index (χ2n) is 6.21. The summed E-state index contributed by atoms with van der Waals surface area (Å²) in [5.74, 6) is 1.96. The first kappa shape index (κ1) is 15.6. The minimum Gasteiger partial charge on any atom is -0.361 e. The Hall–Kier alpha value is -2.96. The lowest BCUT2D eigenvalue weighted by atomic mass is 9.96. The Balaban J connectivity index is 1.41. The second-order valence-corrected chi connectivity index (χ2v) is 6.21. The van der Waals surface area contributed by atoms with Crippen LogP contribution in [-0.4, -0.2) is 39.2 Å². The third kappa shape index (κ3) is 3.17. The molecular weight excluding hydrogens is 320 g/mol. The van der Waals surface area contributed by atoms with E-state index in [2.05, 4.69) is 15.3 Å². The molecule has 0 atom stereocenters. The van der Waals surface area contributed by atoms with Crippen molar-refractivity contribution >= 4 is 5.91 Å². The Kier molecular flexibility index (Phi) is 4.05. The van der Waals surface area contributed by atoms with Crippen molar-refractivity contribution in [2.45, 2.75) is 25.7 Å². The summed E-state index contributed by atoms with van der Waals surface area (Å²) in [5, 5.41) is 7.87. The van der Waals surface area contributed by atoms with Crippen molar-refractivity contribution < 1.29 is 13.8 Å². The highest BCUT2D eigenvalue weighted by Crippen LogP contribution is 2.29. The van der Waals surface area contributed by atoms with Gasteiger partial charge in [-0.25, -0.2) is 0 Å². The summed E-state index contributed by atoms with van der Waals surface area (Å²) >= 11 is 0. The topological polar surface area (TPSA) is 85.3 Å². The summed E-state index contributed by atoms with van der Waals surface area (Å²) in [7, 11) is 0. The molecule has 4 rings (SSSR count). The zero-order chi connectivity index (χ0) is 17.2. The molecule has 2 aromatic heterocycles. The van der Waals surface area contributed by atoms with E-state index in [0.717, 1.165) is 18.4 Å². The molecule has 1 fully saturated rings. The zero-order valence-corrected chi connectivity index (χ0v) is 13.9. The van der Waals surface area contributed by atoms with Gasteiger partial charge in [0.05, 0.1) is 0 Å². The van der Waals surface area contributed by atoms with Gasteiger partial charge in [-0.2, -0.15) is 4.98 Å². The van der Waals surface area contributed by atoms with E-state index in [1.165, 1.54) is 0 Å². The van der Waals surface area contributed by atoms with Crippen LogP contribution in [0.1, 0.15) is 40.9 Å². The molecule has 0 unspecified atom stereocenters. The first-order valence-electron chi connectivity index (χ1n) is 8.32. The third-order valence-electron chi connectivity index (χ3n) is 4.45. The number of piperidine rings is 1. The minimum absolute atomic E-state index is 0.0918. The first-order valence-corrected chi connectivity index (χ1v) is 8.32. The second kappa shape index (κ2) is 6.51. The van der Waals surface area contributed by atoms with Gasteiger partial charge in [0.25, 0.3) is 5.91 Å². The van der Waals surface area contributed by atoms with E-state index in [1.807, 2.05) is 30.3 Å². The number of aryl methyl sites for hydroxylation is 1.